The zero-order valence-corrected chi connectivity index (χ0v) is 22.2. The zero-order chi connectivity index (χ0) is 26.0. The third-order valence-electron chi connectivity index (χ3n) is 7.57. The second kappa shape index (κ2) is 13.4. The monoisotopic (exact) mass is 502 g/mol. The molecule has 0 amide bonds. The van der Waals surface area contributed by atoms with Crippen LogP contribution in [0.15, 0.2) is 66.7 Å². The van der Waals surface area contributed by atoms with Crippen LogP contribution in [-0.4, -0.2) is 6.16 Å². The Labute approximate surface area is 221 Å². The number of unbranched alkanes of at least 4 members (excludes halogenated alkanes) is 2. The Morgan fingerprint density at radius 2 is 1.46 bits per heavy atom. The second-order valence-corrected chi connectivity index (χ2v) is 10.3. The summed E-state index contributed by atoms with van der Waals surface area (Å²) in [5, 5.41) is 0. The van der Waals surface area contributed by atoms with Gasteiger partial charge in [0.1, 0.15) is 17.3 Å². The summed E-state index contributed by atoms with van der Waals surface area (Å²) in [5.74, 6) is 1.88. The predicted octanol–water partition coefficient (Wildman–Crippen LogP) is 9.88. The quantitative estimate of drug-likeness (QED) is 0.157. The highest BCUT2D eigenvalue weighted by molar-refractivity contribution is 5.69. The van der Waals surface area contributed by atoms with E-state index in [4.69, 9.17) is 9.47 Å². The SMILES string of the molecule is CCCCCc1ccc(OC(=O)Oc2ccc(-c3ccc([C@H]4CC[C@H](CCC)CC4)cc3F)cc2)cc1. The normalized spacial score (nSPS) is 17.4. The number of rotatable bonds is 10. The van der Waals surface area contributed by atoms with Crippen molar-refractivity contribution >= 4 is 6.16 Å². The molecule has 0 unspecified atom stereocenters. The van der Waals surface area contributed by atoms with Gasteiger partial charge in [0.25, 0.3) is 0 Å². The van der Waals surface area contributed by atoms with Crippen molar-refractivity contribution < 1.29 is 18.7 Å². The van der Waals surface area contributed by atoms with Crippen molar-refractivity contribution in [2.45, 2.75) is 84.0 Å². The molecule has 0 N–H and O–H groups in total. The van der Waals surface area contributed by atoms with Crippen molar-refractivity contribution in [2.75, 3.05) is 0 Å². The Hall–Kier alpha value is -3.14. The van der Waals surface area contributed by atoms with E-state index >= 15 is 4.39 Å². The summed E-state index contributed by atoms with van der Waals surface area (Å²) in [6, 6.07) is 20.0. The molecule has 3 aromatic carbocycles. The molecular formula is C33H39FO3. The van der Waals surface area contributed by atoms with Crippen LogP contribution >= 0.6 is 0 Å². The van der Waals surface area contributed by atoms with Gasteiger partial charge in [-0.05, 0) is 97.4 Å². The second-order valence-electron chi connectivity index (χ2n) is 10.3. The maximum atomic E-state index is 15.1. The van der Waals surface area contributed by atoms with E-state index in [0.717, 1.165) is 42.7 Å². The first-order valence-corrected chi connectivity index (χ1v) is 13.9. The predicted molar refractivity (Wildman–Crippen MR) is 148 cm³/mol. The van der Waals surface area contributed by atoms with Gasteiger partial charge < -0.3 is 9.47 Å². The van der Waals surface area contributed by atoms with Crippen LogP contribution in [-0.2, 0) is 6.42 Å². The van der Waals surface area contributed by atoms with Crippen LogP contribution < -0.4 is 9.47 Å². The largest absolute Gasteiger partial charge is 0.519 e. The van der Waals surface area contributed by atoms with Crippen molar-refractivity contribution in [1.29, 1.82) is 0 Å². The summed E-state index contributed by atoms with van der Waals surface area (Å²) in [7, 11) is 0. The van der Waals surface area contributed by atoms with Gasteiger partial charge in [-0.1, -0.05) is 75.9 Å². The Balaban J connectivity index is 1.31. The minimum absolute atomic E-state index is 0.209. The van der Waals surface area contributed by atoms with Crippen molar-refractivity contribution in [3.8, 4) is 22.6 Å². The summed E-state index contributed by atoms with van der Waals surface area (Å²) in [6.45, 7) is 4.43. The van der Waals surface area contributed by atoms with Crippen LogP contribution in [0.4, 0.5) is 9.18 Å². The number of carbonyl (C=O) groups excluding carboxylic acids is 1. The standard InChI is InChI=1S/C33H39FO3/c1-3-5-6-8-25-11-18-29(19-12-25)36-33(35)37-30-20-15-27(16-21-30)31-22-17-28(23-32(31)34)26-13-9-24(7-4-2)10-14-26/h11-12,15-24,26H,3-10,13-14H2,1-2H3/t24-,26-. The number of hydrogen-bond donors (Lipinski definition) is 0. The molecule has 0 aromatic heterocycles. The van der Waals surface area contributed by atoms with Crippen molar-refractivity contribution in [2.24, 2.45) is 5.92 Å². The van der Waals surface area contributed by atoms with Gasteiger partial charge in [0.05, 0.1) is 0 Å². The molecule has 0 atom stereocenters. The van der Waals surface area contributed by atoms with Gasteiger partial charge in [-0.2, -0.15) is 0 Å². The molecule has 1 saturated carbocycles. The fraction of sp³-hybridized carbons (Fsp3) is 0.424. The fourth-order valence-electron chi connectivity index (χ4n) is 5.43. The van der Waals surface area contributed by atoms with Crippen molar-refractivity contribution in [3.63, 3.8) is 0 Å². The Bertz CT molecular complexity index is 1130. The van der Waals surface area contributed by atoms with E-state index in [1.54, 1.807) is 42.5 Å². The molecule has 0 radical (unpaired) electrons. The Morgan fingerprint density at radius 3 is 2.05 bits per heavy atom. The van der Waals surface area contributed by atoms with Crippen LogP contribution in [0.1, 0.15) is 88.7 Å². The third kappa shape index (κ3) is 7.67. The first-order valence-electron chi connectivity index (χ1n) is 13.9. The van der Waals surface area contributed by atoms with Gasteiger partial charge in [0.15, 0.2) is 0 Å². The minimum Gasteiger partial charge on any atom is -0.395 e. The number of ether oxygens (including phenoxy) is 2. The van der Waals surface area contributed by atoms with E-state index in [0.29, 0.717) is 23.0 Å². The highest BCUT2D eigenvalue weighted by Crippen LogP contribution is 2.38. The maximum Gasteiger partial charge on any atom is 0.519 e. The van der Waals surface area contributed by atoms with E-state index in [9.17, 15) is 4.79 Å². The summed E-state index contributed by atoms with van der Waals surface area (Å²) in [4.78, 5) is 12.2. The number of carbonyl (C=O) groups is 1. The molecular weight excluding hydrogens is 463 g/mol. The third-order valence-corrected chi connectivity index (χ3v) is 7.57. The first kappa shape index (κ1) is 26.9. The lowest BCUT2D eigenvalue weighted by Gasteiger charge is -2.28. The average molecular weight is 503 g/mol. The van der Waals surface area contributed by atoms with Crippen LogP contribution in [0, 0.1) is 11.7 Å². The van der Waals surface area contributed by atoms with Crippen LogP contribution in [0.2, 0.25) is 0 Å². The number of benzene rings is 3. The van der Waals surface area contributed by atoms with Gasteiger partial charge in [-0.25, -0.2) is 9.18 Å². The van der Waals surface area contributed by atoms with Gasteiger partial charge in [-0.15, -0.1) is 0 Å². The highest BCUT2D eigenvalue weighted by Gasteiger charge is 2.22. The molecule has 37 heavy (non-hydrogen) atoms. The molecule has 0 aliphatic heterocycles. The lowest BCUT2D eigenvalue weighted by molar-refractivity contribution is 0.152. The number of aryl methyl sites for hydroxylation is 1. The smallest absolute Gasteiger partial charge is 0.395 e. The molecule has 3 nitrogen and oxygen atoms in total. The highest BCUT2D eigenvalue weighted by atomic mass is 19.1. The Kier molecular flexibility index (Phi) is 9.76. The molecule has 196 valence electrons. The Morgan fingerprint density at radius 1 is 0.811 bits per heavy atom. The molecule has 1 aliphatic rings. The molecule has 1 aliphatic carbocycles. The topological polar surface area (TPSA) is 35.5 Å². The van der Waals surface area contributed by atoms with E-state index in [2.05, 4.69) is 19.9 Å². The fourth-order valence-corrected chi connectivity index (χ4v) is 5.43. The first-order chi connectivity index (χ1) is 18.1. The summed E-state index contributed by atoms with van der Waals surface area (Å²) >= 11 is 0. The van der Waals surface area contributed by atoms with E-state index in [1.165, 1.54) is 44.1 Å². The van der Waals surface area contributed by atoms with E-state index in [1.807, 2.05) is 18.2 Å². The van der Waals surface area contributed by atoms with Crippen LogP contribution in [0.25, 0.3) is 11.1 Å². The molecule has 3 aromatic rings. The molecule has 0 bridgehead atoms. The minimum atomic E-state index is -0.796. The van der Waals surface area contributed by atoms with Gasteiger partial charge in [0.2, 0.25) is 0 Å². The van der Waals surface area contributed by atoms with Crippen LogP contribution in [0.5, 0.6) is 11.5 Å². The van der Waals surface area contributed by atoms with E-state index < -0.39 is 6.16 Å². The summed E-state index contributed by atoms with van der Waals surface area (Å²) in [5.41, 5.74) is 3.63. The number of halogens is 1. The summed E-state index contributed by atoms with van der Waals surface area (Å²) < 4.78 is 25.7. The summed E-state index contributed by atoms with van der Waals surface area (Å²) in [6.07, 6.45) is 11.1. The van der Waals surface area contributed by atoms with Gasteiger partial charge >= 0.3 is 6.16 Å². The molecule has 0 spiro atoms. The van der Waals surface area contributed by atoms with Crippen LogP contribution in [0.3, 0.4) is 0 Å². The molecule has 4 heteroatoms. The molecule has 1 fully saturated rings. The van der Waals surface area contributed by atoms with Crippen molar-refractivity contribution in [3.05, 3.63) is 83.7 Å². The van der Waals surface area contributed by atoms with Crippen molar-refractivity contribution in [1.82, 2.24) is 0 Å². The lowest BCUT2D eigenvalue weighted by Crippen LogP contribution is -2.13. The van der Waals surface area contributed by atoms with E-state index in [-0.39, 0.29) is 5.82 Å². The number of hydrogen-bond acceptors (Lipinski definition) is 3. The molecule has 4 rings (SSSR count). The zero-order valence-electron chi connectivity index (χ0n) is 22.2. The maximum absolute atomic E-state index is 15.1. The van der Waals surface area contributed by atoms with Gasteiger partial charge in [0, 0.05) is 5.56 Å². The lowest BCUT2D eigenvalue weighted by atomic mass is 9.77. The van der Waals surface area contributed by atoms with Gasteiger partial charge in [-0.3, -0.25) is 0 Å². The average Bonchev–Trinajstić information content (AvgIpc) is 2.91. The molecule has 0 heterocycles. The molecule has 0 saturated heterocycles.